The third-order valence-electron chi connectivity index (χ3n) is 3.40. The molecule has 1 saturated heterocycles. The molecule has 2 unspecified atom stereocenters. The van der Waals surface area contributed by atoms with E-state index in [-0.39, 0.29) is 18.3 Å². The number of nitrogens with zero attached hydrogens (tertiary/aromatic N) is 2. The van der Waals surface area contributed by atoms with Crippen LogP contribution in [0, 0.1) is 5.92 Å². The van der Waals surface area contributed by atoms with Gasteiger partial charge in [-0.1, -0.05) is 6.92 Å². The molecular formula is C11H17N3O4. The van der Waals surface area contributed by atoms with E-state index in [4.69, 9.17) is 10.5 Å². The van der Waals surface area contributed by atoms with Crippen LogP contribution in [0.4, 0.5) is 5.82 Å². The Balaban J connectivity index is 2.38. The molecule has 1 fully saturated rings. The number of nitrogens with two attached hydrogens (primary N) is 1. The van der Waals surface area contributed by atoms with Gasteiger partial charge in [0, 0.05) is 12.1 Å². The summed E-state index contributed by atoms with van der Waals surface area (Å²) in [5.41, 5.74) is 3.79. The van der Waals surface area contributed by atoms with Crippen LogP contribution in [0.15, 0.2) is 17.1 Å². The van der Waals surface area contributed by atoms with Crippen molar-refractivity contribution in [2.45, 2.75) is 31.8 Å². The molecular weight excluding hydrogens is 238 g/mol. The summed E-state index contributed by atoms with van der Waals surface area (Å²) in [5.74, 6) is -0.211. The maximum Gasteiger partial charge on any atom is 0.351 e. The monoisotopic (exact) mass is 255 g/mol. The average molecular weight is 255 g/mol. The van der Waals surface area contributed by atoms with Crippen LogP contribution in [0.3, 0.4) is 0 Å². The van der Waals surface area contributed by atoms with Crippen molar-refractivity contribution in [3.8, 4) is 0 Å². The van der Waals surface area contributed by atoms with Crippen LogP contribution in [0.5, 0.6) is 0 Å². The minimum Gasteiger partial charge on any atom is -0.393 e. The maximum atomic E-state index is 11.7. The molecule has 1 aliphatic heterocycles. The summed E-state index contributed by atoms with van der Waals surface area (Å²) in [6, 6.07) is 1.48. The molecule has 4 atom stereocenters. The third-order valence-corrected chi connectivity index (χ3v) is 3.40. The Bertz CT molecular complexity index is 503. The van der Waals surface area contributed by atoms with Crippen molar-refractivity contribution in [2.24, 2.45) is 5.92 Å². The Kier molecular flexibility index (Phi) is 3.14. The molecule has 0 aliphatic carbocycles. The van der Waals surface area contributed by atoms with Gasteiger partial charge in [0.25, 0.3) is 0 Å². The van der Waals surface area contributed by atoms with Gasteiger partial charge in [-0.15, -0.1) is 0 Å². The molecule has 100 valence electrons. The fraction of sp³-hybridized carbons (Fsp3) is 0.636. The summed E-state index contributed by atoms with van der Waals surface area (Å²) in [7, 11) is 0. The van der Waals surface area contributed by atoms with E-state index in [2.05, 4.69) is 4.98 Å². The summed E-state index contributed by atoms with van der Waals surface area (Å²) >= 11 is 0. The Morgan fingerprint density at radius 1 is 1.67 bits per heavy atom. The first-order valence-corrected chi connectivity index (χ1v) is 5.70. The first kappa shape index (κ1) is 13.0. The summed E-state index contributed by atoms with van der Waals surface area (Å²) < 4.78 is 6.88. The van der Waals surface area contributed by atoms with Gasteiger partial charge >= 0.3 is 5.69 Å². The van der Waals surface area contributed by atoms with Crippen molar-refractivity contribution < 1.29 is 14.9 Å². The number of rotatable bonds is 2. The molecule has 1 aromatic heterocycles. The molecule has 7 nitrogen and oxygen atoms in total. The van der Waals surface area contributed by atoms with Gasteiger partial charge in [-0.05, 0) is 13.0 Å². The number of anilines is 1. The van der Waals surface area contributed by atoms with Crippen molar-refractivity contribution in [1.82, 2.24) is 9.55 Å². The predicted octanol–water partition coefficient (Wildman–Crippen LogP) is -0.898. The van der Waals surface area contributed by atoms with Gasteiger partial charge in [0.2, 0.25) is 0 Å². The van der Waals surface area contributed by atoms with Gasteiger partial charge in [-0.2, -0.15) is 4.98 Å². The number of aliphatic hydroxyl groups excluding tert-OH is 2. The van der Waals surface area contributed by atoms with E-state index < -0.39 is 23.6 Å². The molecule has 7 heteroatoms. The van der Waals surface area contributed by atoms with Gasteiger partial charge in [0.15, 0.2) is 0 Å². The van der Waals surface area contributed by atoms with Crippen molar-refractivity contribution in [3.63, 3.8) is 0 Å². The molecule has 2 rings (SSSR count). The van der Waals surface area contributed by atoms with E-state index in [0.29, 0.717) is 0 Å². The van der Waals surface area contributed by atoms with Crippen LogP contribution in [0.2, 0.25) is 0 Å². The number of aromatic nitrogens is 2. The Morgan fingerprint density at radius 3 is 2.83 bits per heavy atom. The van der Waals surface area contributed by atoms with E-state index in [0.717, 1.165) is 0 Å². The molecule has 4 N–H and O–H groups in total. The van der Waals surface area contributed by atoms with Gasteiger partial charge in [0.05, 0.1) is 12.7 Å². The topological polar surface area (TPSA) is 111 Å². The van der Waals surface area contributed by atoms with Gasteiger partial charge < -0.3 is 20.7 Å². The molecule has 2 heterocycles. The zero-order valence-electron chi connectivity index (χ0n) is 10.3. The Morgan fingerprint density at radius 2 is 2.33 bits per heavy atom. The molecule has 0 aromatic carbocycles. The van der Waals surface area contributed by atoms with Crippen LogP contribution in [-0.2, 0) is 4.74 Å². The summed E-state index contributed by atoms with van der Waals surface area (Å²) in [6.07, 6.45) is -0.0588. The number of hydrogen-bond acceptors (Lipinski definition) is 6. The summed E-state index contributed by atoms with van der Waals surface area (Å²) in [5, 5.41) is 19.3. The normalized spacial score (nSPS) is 35.9. The van der Waals surface area contributed by atoms with Crippen LogP contribution in [0.1, 0.15) is 20.1 Å². The van der Waals surface area contributed by atoms with Crippen molar-refractivity contribution in [3.05, 3.63) is 22.7 Å². The zero-order valence-corrected chi connectivity index (χ0v) is 10.3. The first-order valence-electron chi connectivity index (χ1n) is 5.70. The van der Waals surface area contributed by atoms with E-state index >= 15 is 0 Å². The van der Waals surface area contributed by atoms with Crippen LogP contribution < -0.4 is 11.4 Å². The van der Waals surface area contributed by atoms with Gasteiger partial charge in [-0.25, -0.2) is 4.79 Å². The molecule has 1 aliphatic rings. The lowest BCUT2D eigenvalue weighted by atomic mass is 9.93. The lowest BCUT2D eigenvalue weighted by Crippen LogP contribution is -2.41. The molecule has 0 saturated carbocycles. The number of hydrogen-bond donors (Lipinski definition) is 3. The fourth-order valence-corrected chi connectivity index (χ4v) is 2.23. The van der Waals surface area contributed by atoms with Crippen molar-refractivity contribution in [1.29, 1.82) is 0 Å². The predicted molar refractivity (Wildman–Crippen MR) is 63.7 cm³/mol. The third kappa shape index (κ3) is 1.90. The average Bonchev–Trinajstić information content (AvgIpc) is 2.55. The SMILES string of the molecule is CC1C(n2ccc(N)nc2=O)O[C@](C)(CO)[C@H]1O. The minimum atomic E-state index is -1.08. The lowest BCUT2D eigenvalue weighted by Gasteiger charge is -2.25. The van der Waals surface area contributed by atoms with Crippen LogP contribution >= 0.6 is 0 Å². The number of ether oxygens (including phenoxy) is 1. The highest BCUT2D eigenvalue weighted by Crippen LogP contribution is 2.40. The van der Waals surface area contributed by atoms with Gasteiger partial charge in [-0.3, -0.25) is 4.57 Å². The Labute approximate surface area is 104 Å². The molecule has 0 spiro atoms. The second kappa shape index (κ2) is 4.34. The molecule has 0 bridgehead atoms. The molecule has 0 amide bonds. The second-order valence-corrected chi connectivity index (χ2v) is 4.83. The highest BCUT2D eigenvalue weighted by atomic mass is 16.6. The standard InChI is InChI=1S/C11H17N3O4/c1-6-8(16)11(2,5-15)18-9(6)14-4-3-7(12)13-10(14)17/h3-4,6,8-9,15-16H,5H2,1-2H3,(H2,12,13,17)/t6?,8-,9?,11+/m0/s1. The van der Waals surface area contributed by atoms with E-state index in [1.807, 2.05) is 0 Å². The van der Waals surface area contributed by atoms with Gasteiger partial charge in [0.1, 0.15) is 17.6 Å². The van der Waals surface area contributed by atoms with Crippen molar-refractivity contribution in [2.75, 3.05) is 12.3 Å². The highest BCUT2D eigenvalue weighted by molar-refractivity contribution is 5.23. The number of nitrogen functional groups attached to an aromatic ring is 1. The smallest absolute Gasteiger partial charge is 0.351 e. The zero-order chi connectivity index (χ0) is 13.5. The quantitative estimate of drug-likeness (QED) is 0.631. The van der Waals surface area contributed by atoms with Crippen LogP contribution in [0.25, 0.3) is 0 Å². The Hall–Kier alpha value is -1.44. The minimum absolute atomic E-state index is 0.132. The fourth-order valence-electron chi connectivity index (χ4n) is 2.23. The highest BCUT2D eigenvalue weighted by Gasteiger charge is 2.50. The van der Waals surface area contributed by atoms with Crippen LogP contribution in [-0.4, -0.2) is 38.1 Å². The maximum absolute atomic E-state index is 11.7. The second-order valence-electron chi connectivity index (χ2n) is 4.83. The summed E-state index contributed by atoms with van der Waals surface area (Å²) in [6.45, 7) is 3.02. The summed E-state index contributed by atoms with van der Waals surface area (Å²) in [4.78, 5) is 15.3. The van der Waals surface area contributed by atoms with E-state index in [1.54, 1.807) is 13.8 Å². The van der Waals surface area contributed by atoms with E-state index in [9.17, 15) is 15.0 Å². The largest absolute Gasteiger partial charge is 0.393 e. The molecule has 0 radical (unpaired) electrons. The first-order chi connectivity index (χ1) is 8.39. The molecule has 1 aromatic rings. The number of aliphatic hydroxyl groups is 2. The van der Waals surface area contributed by atoms with E-state index in [1.165, 1.54) is 16.8 Å². The van der Waals surface area contributed by atoms with Crippen molar-refractivity contribution >= 4 is 5.82 Å². The molecule has 18 heavy (non-hydrogen) atoms. The lowest BCUT2D eigenvalue weighted by molar-refractivity contribution is -0.117.